The average Bonchev–Trinajstić information content (AvgIpc) is 2.83. The quantitative estimate of drug-likeness (QED) is 0.297. The van der Waals surface area contributed by atoms with Crippen molar-refractivity contribution in [1.29, 1.82) is 0 Å². The van der Waals surface area contributed by atoms with Gasteiger partial charge in [0.05, 0.1) is 33.0 Å². The summed E-state index contributed by atoms with van der Waals surface area (Å²) in [5.41, 5.74) is 7.97. The maximum absolute atomic E-state index is 12.3. The lowest BCUT2D eigenvalue weighted by molar-refractivity contribution is 0.262. The molecule has 0 fully saturated rings. The molecule has 0 aliphatic heterocycles. The topological polar surface area (TPSA) is 149 Å². The van der Waals surface area contributed by atoms with Crippen LogP contribution in [-0.2, 0) is 9.84 Å². The summed E-state index contributed by atoms with van der Waals surface area (Å²) in [6.45, 7) is 0. The molecule has 0 atom stereocenters. The normalized spacial score (nSPS) is 11.1. The van der Waals surface area contributed by atoms with Crippen LogP contribution >= 0.6 is 23.2 Å². The summed E-state index contributed by atoms with van der Waals surface area (Å²) in [7, 11) is -3.55. The molecule has 0 saturated carbocycles. The summed E-state index contributed by atoms with van der Waals surface area (Å²) in [4.78, 5) is 24.4. The van der Waals surface area contributed by atoms with Crippen molar-refractivity contribution >= 4 is 56.3 Å². The number of benzene rings is 2. The van der Waals surface area contributed by atoms with Crippen LogP contribution in [0.25, 0.3) is 11.1 Å². The van der Waals surface area contributed by atoms with Gasteiger partial charge in [-0.15, -0.1) is 0 Å². The van der Waals surface area contributed by atoms with Gasteiger partial charge in [0.25, 0.3) is 0 Å². The molecule has 2 aromatic carbocycles. The number of nitrogens with one attached hydrogen (secondary N) is 2. The molecule has 4 N–H and O–H groups in total. The van der Waals surface area contributed by atoms with Crippen molar-refractivity contribution in [3.8, 4) is 22.9 Å². The van der Waals surface area contributed by atoms with Crippen LogP contribution in [0, 0.1) is 0 Å². The van der Waals surface area contributed by atoms with Gasteiger partial charge in [-0.05, 0) is 42.0 Å². The largest absolute Gasteiger partial charge is 0.424 e. The number of sulfone groups is 1. The maximum Gasteiger partial charge on any atom is 0.323 e. The van der Waals surface area contributed by atoms with Crippen LogP contribution in [0.15, 0.2) is 72.0 Å². The highest BCUT2D eigenvalue weighted by atomic mass is 35.5. The smallest absolute Gasteiger partial charge is 0.323 e. The van der Waals surface area contributed by atoms with Crippen LogP contribution in [0.2, 0.25) is 10.0 Å². The second kappa shape index (κ2) is 10.4. The van der Waals surface area contributed by atoms with E-state index in [2.05, 4.69) is 25.6 Å². The monoisotopic (exact) mass is 544 g/mol. The van der Waals surface area contributed by atoms with Gasteiger partial charge in [-0.1, -0.05) is 35.3 Å². The Morgan fingerprint density at radius 3 is 2.25 bits per heavy atom. The fourth-order valence-corrected chi connectivity index (χ4v) is 4.54. The van der Waals surface area contributed by atoms with Crippen molar-refractivity contribution in [2.45, 2.75) is 4.90 Å². The zero-order chi connectivity index (χ0) is 25.9. The van der Waals surface area contributed by atoms with Crippen molar-refractivity contribution in [2.24, 2.45) is 0 Å². The minimum atomic E-state index is -3.55. The fourth-order valence-electron chi connectivity index (χ4n) is 3.08. The number of aromatic nitrogens is 3. The Morgan fingerprint density at radius 1 is 0.917 bits per heavy atom. The lowest BCUT2D eigenvalue weighted by Crippen LogP contribution is -2.19. The highest BCUT2D eigenvalue weighted by molar-refractivity contribution is 7.90. The maximum atomic E-state index is 12.3. The Morgan fingerprint density at radius 2 is 1.58 bits per heavy atom. The zero-order valence-corrected chi connectivity index (χ0v) is 20.9. The molecular formula is C23H18Cl2N6O4S. The highest BCUT2D eigenvalue weighted by Crippen LogP contribution is 2.29. The first kappa shape index (κ1) is 25.2. The summed E-state index contributed by atoms with van der Waals surface area (Å²) in [6.07, 6.45) is 5.22. The number of ether oxygens (including phenoxy) is 1. The first-order valence-corrected chi connectivity index (χ1v) is 12.8. The molecule has 2 heterocycles. The molecule has 13 heteroatoms. The van der Waals surface area contributed by atoms with Crippen LogP contribution in [0.1, 0.15) is 0 Å². The van der Waals surface area contributed by atoms with E-state index < -0.39 is 15.9 Å². The van der Waals surface area contributed by atoms with Crippen molar-refractivity contribution in [1.82, 2.24) is 15.0 Å². The minimum Gasteiger partial charge on any atom is -0.424 e. The van der Waals surface area contributed by atoms with E-state index >= 15 is 0 Å². The predicted octanol–water partition coefficient (Wildman–Crippen LogP) is 5.27. The van der Waals surface area contributed by atoms with Gasteiger partial charge >= 0.3 is 12.0 Å². The molecule has 0 spiro atoms. The van der Waals surface area contributed by atoms with Gasteiger partial charge in [-0.2, -0.15) is 0 Å². The Balaban J connectivity index is 1.38. The van der Waals surface area contributed by atoms with E-state index in [4.69, 9.17) is 33.7 Å². The van der Waals surface area contributed by atoms with E-state index in [1.165, 1.54) is 36.8 Å². The zero-order valence-electron chi connectivity index (χ0n) is 18.6. The van der Waals surface area contributed by atoms with Crippen LogP contribution in [-0.4, -0.2) is 35.7 Å². The third kappa shape index (κ3) is 6.19. The Kier molecular flexibility index (Phi) is 7.25. The summed E-state index contributed by atoms with van der Waals surface area (Å²) in [5.74, 6) is 0.839. The Hall–Kier alpha value is -3.93. The summed E-state index contributed by atoms with van der Waals surface area (Å²) < 4.78 is 29.2. The van der Waals surface area contributed by atoms with E-state index in [9.17, 15) is 13.2 Å². The third-order valence-electron chi connectivity index (χ3n) is 4.73. The molecule has 2 aromatic heterocycles. The number of pyridine rings is 1. The van der Waals surface area contributed by atoms with E-state index in [1.54, 1.807) is 30.3 Å². The standard InChI is InChI=1S/C23H18Cl2N6O4S/c1-36(33,34)20-9-15(4-7-19(20)25)30-22(32)31-16-11-28-23(29-12-16)35-17-5-2-13(3-6-17)18-8-14(24)10-27-21(18)26/h2-12H,1H3,(H2,26,27)(H2,30,31,32). The molecule has 184 valence electrons. The van der Waals surface area contributed by atoms with E-state index in [0.29, 0.717) is 22.2 Å². The number of rotatable bonds is 6. The second-order valence-electron chi connectivity index (χ2n) is 7.46. The lowest BCUT2D eigenvalue weighted by atomic mass is 10.1. The first-order chi connectivity index (χ1) is 17.1. The summed E-state index contributed by atoms with van der Waals surface area (Å²) in [6, 6.07) is 12.3. The summed E-state index contributed by atoms with van der Waals surface area (Å²) in [5, 5.41) is 5.61. The number of urea groups is 1. The second-order valence-corrected chi connectivity index (χ2v) is 10.3. The van der Waals surface area contributed by atoms with Crippen LogP contribution in [0.4, 0.5) is 22.0 Å². The first-order valence-electron chi connectivity index (χ1n) is 10.2. The Bertz CT molecular complexity index is 1530. The van der Waals surface area contributed by atoms with Gasteiger partial charge in [0.2, 0.25) is 0 Å². The molecule has 36 heavy (non-hydrogen) atoms. The number of hydrogen-bond donors (Lipinski definition) is 3. The van der Waals surface area contributed by atoms with Gasteiger partial charge in [0, 0.05) is 23.7 Å². The number of halogens is 2. The predicted molar refractivity (Wildman–Crippen MR) is 138 cm³/mol. The number of nitrogens with zero attached hydrogens (tertiary/aromatic N) is 3. The number of carbonyl (C=O) groups is 1. The van der Waals surface area contributed by atoms with Gasteiger partial charge in [0.15, 0.2) is 9.84 Å². The van der Waals surface area contributed by atoms with Gasteiger partial charge in [0.1, 0.15) is 11.6 Å². The van der Waals surface area contributed by atoms with E-state index in [0.717, 1.165) is 11.8 Å². The lowest BCUT2D eigenvalue weighted by Gasteiger charge is -2.10. The summed E-state index contributed by atoms with van der Waals surface area (Å²) >= 11 is 11.9. The van der Waals surface area contributed by atoms with Crippen molar-refractivity contribution < 1.29 is 17.9 Å². The number of anilines is 3. The molecule has 10 nitrogen and oxygen atoms in total. The number of hydrogen-bond acceptors (Lipinski definition) is 8. The Labute approximate surface area is 216 Å². The minimum absolute atomic E-state index is 0.0627. The molecule has 0 aliphatic rings. The van der Waals surface area contributed by atoms with Crippen molar-refractivity contribution in [3.05, 3.63) is 77.2 Å². The van der Waals surface area contributed by atoms with Gasteiger partial charge < -0.3 is 21.1 Å². The third-order valence-corrected chi connectivity index (χ3v) is 6.52. The number of nitrogen functional groups attached to an aromatic ring is 1. The van der Waals surface area contributed by atoms with Crippen LogP contribution < -0.4 is 21.1 Å². The molecule has 0 unspecified atom stereocenters. The van der Waals surface area contributed by atoms with Gasteiger partial charge in [-0.25, -0.2) is 28.2 Å². The fraction of sp³-hybridized carbons (Fsp3) is 0.0435. The SMILES string of the molecule is CS(=O)(=O)c1cc(NC(=O)Nc2cnc(Oc3ccc(-c4cc(Cl)cnc4N)cc3)nc2)ccc1Cl. The molecule has 4 aromatic rings. The molecule has 2 amide bonds. The number of carbonyl (C=O) groups excluding carboxylic acids is 1. The van der Waals surface area contributed by atoms with Crippen molar-refractivity contribution in [2.75, 3.05) is 22.6 Å². The molecule has 0 saturated heterocycles. The molecule has 4 rings (SSSR count). The molecule has 0 bridgehead atoms. The van der Waals surface area contributed by atoms with Gasteiger partial charge in [-0.3, -0.25) is 0 Å². The van der Waals surface area contributed by atoms with Crippen molar-refractivity contribution in [3.63, 3.8) is 0 Å². The molecule has 0 aliphatic carbocycles. The van der Waals surface area contributed by atoms with E-state index in [1.807, 2.05) is 0 Å². The average molecular weight is 545 g/mol. The van der Waals surface area contributed by atoms with Crippen LogP contribution in [0.3, 0.4) is 0 Å². The van der Waals surface area contributed by atoms with Crippen LogP contribution in [0.5, 0.6) is 11.8 Å². The van der Waals surface area contributed by atoms with E-state index in [-0.39, 0.29) is 27.3 Å². The molecular weight excluding hydrogens is 527 g/mol. The highest BCUT2D eigenvalue weighted by Gasteiger charge is 2.14. The number of amides is 2. The molecule has 0 radical (unpaired) electrons. The number of nitrogens with two attached hydrogens (primary N) is 1.